The lowest BCUT2D eigenvalue weighted by molar-refractivity contribution is -0.167. The molecule has 6 heteroatoms. The summed E-state index contributed by atoms with van der Waals surface area (Å²) < 4.78 is 16.9. The average Bonchev–Trinajstić information content (AvgIpc) is 3.33. The Balaban J connectivity index is 4.29. The molecule has 0 aromatic carbocycles. The van der Waals surface area contributed by atoms with Crippen LogP contribution in [0.1, 0.15) is 329 Å². The summed E-state index contributed by atoms with van der Waals surface area (Å²) in [5, 5.41) is 0. The molecule has 0 radical (unpaired) electrons. The fourth-order valence-electron chi connectivity index (χ4n) is 8.95. The van der Waals surface area contributed by atoms with Gasteiger partial charge in [-0.05, 0) is 51.4 Å². The number of hydrogen-bond donors (Lipinski definition) is 0. The molecule has 394 valence electrons. The van der Waals surface area contributed by atoms with Gasteiger partial charge in [0, 0.05) is 19.3 Å². The number of carbonyl (C=O) groups is 3. The Bertz CT molecular complexity index is 1080. The van der Waals surface area contributed by atoms with Gasteiger partial charge in [-0.2, -0.15) is 0 Å². The van der Waals surface area contributed by atoms with E-state index in [1.807, 2.05) is 0 Å². The third-order valence-corrected chi connectivity index (χ3v) is 13.5. The normalized spacial score (nSPS) is 12.1. The van der Waals surface area contributed by atoms with Crippen LogP contribution in [0.15, 0.2) is 24.3 Å². The van der Waals surface area contributed by atoms with Crippen molar-refractivity contribution in [1.82, 2.24) is 0 Å². The molecule has 67 heavy (non-hydrogen) atoms. The van der Waals surface area contributed by atoms with Gasteiger partial charge >= 0.3 is 17.9 Å². The predicted octanol–water partition coefficient (Wildman–Crippen LogP) is 19.9. The van der Waals surface area contributed by atoms with E-state index in [9.17, 15) is 14.4 Å². The van der Waals surface area contributed by atoms with Crippen molar-refractivity contribution in [2.45, 2.75) is 335 Å². The van der Waals surface area contributed by atoms with Gasteiger partial charge in [-0.1, -0.05) is 283 Å². The van der Waals surface area contributed by atoms with Gasteiger partial charge in [0.1, 0.15) is 13.2 Å². The Morgan fingerprint density at radius 2 is 0.537 bits per heavy atom. The molecule has 0 saturated carbocycles. The lowest BCUT2D eigenvalue weighted by Gasteiger charge is -2.18. The van der Waals surface area contributed by atoms with E-state index in [1.165, 1.54) is 225 Å². The van der Waals surface area contributed by atoms with Crippen LogP contribution in [0.2, 0.25) is 0 Å². The summed E-state index contributed by atoms with van der Waals surface area (Å²) in [5.74, 6) is -0.848. The van der Waals surface area contributed by atoms with Gasteiger partial charge < -0.3 is 14.2 Å². The Hall–Kier alpha value is -2.11. The molecule has 0 fully saturated rings. The van der Waals surface area contributed by atoms with E-state index < -0.39 is 6.10 Å². The Morgan fingerprint density at radius 1 is 0.299 bits per heavy atom. The molecule has 0 amide bonds. The van der Waals surface area contributed by atoms with E-state index in [-0.39, 0.29) is 31.1 Å². The first kappa shape index (κ1) is 64.9. The van der Waals surface area contributed by atoms with Gasteiger partial charge in [0.2, 0.25) is 0 Å². The highest BCUT2D eigenvalue weighted by Crippen LogP contribution is 2.17. The van der Waals surface area contributed by atoms with E-state index in [0.29, 0.717) is 19.3 Å². The fraction of sp³-hybridized carbons (Fsp3) is 0.885. The van der Waals surface area contributed by atoms with E-state index in [2.05, 4.69) is 45.1 Å². The molecule has 0 unspecified atom stereocenters. The van der Waals surface area contributed by atoms with Crippen LogP contribution in [-0.4, -0.2) is 37.2 Å². The van der Waals surface area contributed by atoms with Crippen molar-refractivity contribution in [2.75, 3.05) is 13.2 Å². The van der Waals surface area contributed by atoms with Crippen LogP contribution in [0, 0.1) is 0 Å². The summed E-state index contributed by atoms with van der Waals surface area (Å²) in [4.78, 5) is 38.2. The Kier molecular flexibility index (Phi) is 54.7. The maximum absolute atomic E-state index is 12.9. The van der Waals surface area contributed by atoms with Crippen LogP contribution >= 0.6 is 0 Å². The summed E-state index contributed by atoms with van der Waals surface area (Å²) in [6, 6.07) is 0. The third-order valence-electron chi connectivity index (χ3n) is 13.5. The van der Waals surface area contributed by atoms with Gasteiger partial charge in [-0.15, -0.1) is 0 Å². The minimum atomic E-state index is -0.767. The van der Waals surface area contributed by atoms with E-state index >= 15 is 0 Å². The number of rotatable bonds is 55. The van der Waals surface area contributed by atoms with Gasteiger partial charge in [0.25, 0.3) is 0 Å². The molecule has 0 aliphatic heterocycles. The molecule has 0 saturated heterocycles. The van der Waals surface area contributed by atoms with Crippen molar-refractivity contribution in [2.24, 2.45) is 0 Å². The lowest BCUT2D eigenvalue weighted by atomic mass is 10.0. The van der Waals surface area contributed by atoms with Crippen molar-refractivity contribution in [3.8, 4) is 0 Å². The van der Waals surface area contributed by atoms with Gasteiger partial charge in [0.05, 0.1) is 0 Å². The SMILES string of the molecule is CCCCC/C=C\C/C=C\CCCCCCCCCCCC(=O)OC[C@@H](COC(=O)CCCCCCCCCCCCCC)OC(=O)CCCCCCCCCCCCCCCCCCCC. The molecule has 0 bridgehead atoms. The van der Waals surface area contributed by atoms with E-state index in [4.69, 9.17) is 14.2 Å². The van der Waals surface area contributed by atoms with Crippen molar-refractivity contribution in [3.05, 3.63) is 24.3 Å². The molecule has 0 heterocycles. The molecular formula is C61H114O6. The molecule has 0 aliphatic carbocycles. The van der Waals surface area contributed by atoms with Crippen LogP contribution in [0.3, 0.4) is 0 Å². The highest BCUT2D eigenvalue weighted by Gasteiger charge is 2.19. The maximum Gasteiger partial charge on any atom is 0.306 e. The number of ether oxygens (including phenoxy) is 3. The molecule has 6 nitrogen and oxygen atoms in total. The smallest absolute Gasteiger partial charge is 0.306 e. The molecule has 0 aliphatic rings. The second kappa shape index (κ2) is 56.5. The highest BCUT2D eigenvalue weighted by molar-refractivity contribution is 5.71. The highest BCUT2D eigenvalue weighted by atomic mass is 16.6. The number of esters is 3. The van der Waals surface area contributed by atoms with Crippen LogP contribution < -0.4 is 0 Å². The van der Waals surface area contributed by atoms with Crippen LogP contribution in [0.5, 0.6) is 0 Å². The maximum atomic E-state index is 12.9. The molecule has 1 atom stereocenters. The van der Waals surface area contributed by atoms with Crippen LogP contribution in [0.25, 0.3) is 0 Å². The predicted molar refractivity (Wildman–Crippen MR) is 289 cm³/mol. The quantitative estimate of drug-likeness (QED) is 0.0262. The zero-order chi connectivity index (χ0) is 48.6. The summed E-state index contributed by atoms with van der Waals surface area (Å²) in [6.07, 6.45) is 66.0. The Morgan fingerprint density at radius 3 is 0.851 bits per heavy atom. The topological polar surface area (TPSA) is 78.9 Å². The molecule has 0 rings (SSSR count). The summed E-state index contributed by atoms with van der Waals surface area (Å²) in [5.41, 5.74) is 0. The number of unbranched alkanes of at least 4 members (excludes halogenated alkanes) is 40. The Labute approximate surface area is 417 Å². The number of allylic oxidation sites excluding steroid dienone is 4. The minimum absolute atomic E-state index is 0.0667. The summed E-state index contributed by atoms with van der Waals surface area (Å²) >= 11 is 0. The third kappa shape index (κ3) is 54.7. The molecule has 0 N–H and O–H groups in total. The first-order chi connectivity index (χ1) is 33.0. The molecule has 0 spiro atoms. The molecular weight excluding hydrogens is 829 g/mol. The minimum Gasteiger partial charge on any atom is -0.462 e. The summed E-state index contributed by atoms with van der Waals surface area (Å²) in [6.45, 7) is 6.66. The zero-order valence-corrected chi connectivity index (χ0v) is 45.2. The van der Waals surface area contributed by atoms with Gasteiger partial charge in [-0.25, -0.2) is 0 Å². The second-order valence-electron chi connectivity index (χ2n) is 20.3. The largest absolute Gasteiger partial charge is 0.462 e. The standard InChI is InChI=1S/C61H114O6/c1-4-7-10-13-16-19-22-25-27-29-31-33-34-36-39-42-45-48-51-54-60(63)66-57-58(56-65-59(62)53-50-47-44-41-38-24-21-18-15-12-9-6-3)67-61(64)55-52-49-46-43-40-37-35-32-30-28-26-23-20-17-14-11-8-5-2/h16,19,25,27,58H,4-15,17-18,20-24,26,28-57H2,1-3H3/b19-16-,27-25-/t58-/m1/s1. The monoisotopic (exact) mass is 943 g/mol. The molecule has 0 aromatic heterocycles. The first-order valence-corrected chi connectivity index (χ1v) is 29.8. The van der Waals surface area contributed by atoms with Crippen molar-refractivity contribution >= 4 is 17.9 Å². The first-order valence-electron chi connectivity index (χ1n) is 29.8. The van der Waals surface area contributed by atoms with E-state index in [1.54, 1.807) is 0 Å². The van der Waals surface area contributed by atoms with Crippen molar-refractivity contribution in [1.29, 1.82) is 0 Å². The van der Waals surface area contributed by atoms with Crippen LogP contribution in [0.4, 0.5) is 0 Å². The second-order valence-corrected chi connectivity index (χ2v) is 20.3. The number of hydrogen-bond acceptors (Lipinski definition) is 6. The number of carbonyl (C=O) groups excluding carboxylic acids is 3. The average molecular weight is 944 g/mol. The van der Waals surface area contributed by atoms with Gasteiger partial charge in [-0.3, -0.25) is 14.4 Å². The van der Waals surface area contributed by atoms with Crippen LogP contribution in [-0.2, 0) is 28.6 Å². The van der Waals surface area contributed by atoms with Gasteiger partial charge in [0.15, 0.2) is 6.10 Å². The molecule has 0 aromatic rings. The lowest BCUT2D eigenvalue weighted by Crippen LogP contribution is -2.30. The summed E-state index contributed by atoms with van der Waals surface area (Å²) in [7, 11) is 0. The zero-order valence-electron chi connectivity index (χ0n) is 45.2. The fourth-order valence-corrected chi connectivity index (χ4v) is 8.95. The van der Waals surface area contributed by atoms with Crippen molar-refractivity contribution < 1.29 is 28.6 Å². The van der Waals surface area contributed by atoms with E-state index in [0.717, 1.165) is 64.2 Å². The van der Waals surface area contributed by atoms with Crippen molar-refractivity contribution in [3.63, 3.8) is 0 Å².